The van der Waals surface area contributed by atoms with E-state index in [0.29, 0.717) is 37.7 Å². The molecule has 0 bridgehead atoms. The number of hydrogen-bond donors (Lipinski definition) is 0. The highest BCUT2D eigenvalue weighted by Crippen LogP contribution is 2.30. The van der Waals surface area contributed by atoms with Gasteiger partial charge in [0.2, 0.25) is 15.9 Å². The van der Waals surface area contributed by atoms with Gasteiger partial charge in [-0.05, 0) is 19.1 Å². The van der Waals surface area contributed by atoms with Gasteiger partial charge in [-0.15, -0.1) is 0 Å². The number of pyridine rings is 1. The Morgan fingerprint density at radius 3 is 2.74 bits per heavy atom. The average Bonchev–Trinajstić information content (AvgIpc) is 3.32. The van der Waals surface area contributed by atoms with Crippen molar-refractivity contribution in [2.45, 2.75) is 30.8 Å². The summed E-state index contributed by atoms with van der Waals surface area (Å²) in [6.45, 7) is 3.96. The number of nitrogens with zero attached hydrogens (tertiary/aromatic N) is 5. The van der Waals surface area contributed by atoms with Gasteiger partial charge in [0.15, 0.2) is 0 Å². The van der Waals surface area contributed by atoms with E-state index in [9.17, 15) is 13.2 Å². The van der Waals surface area contributed by atoms with Crippen molar-refractivity contribution in [2.75, 3.05) is 19.6 Å². The highest BCUT2D eigenvalue weighted by Gasteiger charge is 2.35. The Hall–Kier alpha value is -2.52. The summed E-state index contributed by atoms with van der Waals surface area (Å²) in [7, 11) is -3.65. The molecule has 2 aliphatic heterocycles. The highest BCUT2D eigenvalue weighted by molar-refractivity contribution is 7.89. The molecule has 0 radical (unpaired) electrons. The average molecular weight is 387 g/mol. The van der Waals surface area contributed by atoms with Gasteiger partial charge in [-0.2, -0.15) is 4.31 Å². The second kappa shape index (κ2) is 6.90. The third-order valence-corrected chi connectivity index (χ3v) is 6.92. The summed E-state index contributed by atoms with van der Waals surface area (Å²) in [5, 5.41) is 0. The van der Waals surface area contributed by atoms with E-state index in [4.69, 9.17) is 0 Å². The quantitative estimate of drug-likeness (QED) is 0.730. The number of carbonyl (C=O) groups excluding carboxylic acids is 1. The van der Waals surface area contributed by atoms with E-state index >= 15 is 0 Å². The number of hydrogen-bond acceptors (Lipinski definition) is 5. The smallest absolute Gasteiger partial charge is 0.245 e. The zero-order chi connectivity index (χ0) is 19.0. The Labute approximate surface area is 158 Å². The van der Waals surface area contributed by atoms with E-state index in [2.05, 4.69) is 9.97 Å². The maximum absolute atomic E-state index is 12.9. The van der Waals surface area contributed by atoms with Crippen LogP contribution in [0.1, 0.15) is 24.5 Å². The summed E-state index contributed by atoms with van der Waals surface area (Å²) >= 11 is 0. The van der Waals surface area contributed by atoms with E-state index in [0.717, 1.165) is 0 Å². The molecule has 0 aromatic carbocycles. The van der Waals surface area contributed by atoms with Crippen LogP contribution in [-0.2, 0) is 27.8 Å². The molecular weight excluding hydrogens is 366 g/mol. The fourth-order valence-electron chi connectivity index (χ4n) is 3.52. The lowest BCUT2D eigenvalue weighted by Crippen LogP contribution is -2.41. The lowest BCUT2D eigenvalue weighted by molar-refractivity contribution is -0.129. The lowest BCUT2D eigenvalue weighted by Gasteiger charge is -2.32. The van der Waals surface area contributed by atoms with Crippen molar-refractivity contribution in [3.63, 3.8) is 0 Å². The van der Waals surface area contributed by atoms with Crippen molar-refractivity contribution in [3.8, 4) is 0 Å². The van der Waals surface area contributed by atoms with Crippen LogP contribution in [0.15, 0.2) is 47.8 Å². The fourth-order valence-corrected chi connectivity index (χ4v) is 5.07. The molecule has 0 fully saturated rings. The van der Waals surface area contributed by atoms with Crippen LogP contribution in [0.4, 0.5) is 0 Å². The molecule has 9 heteroatoms. The summed E-state index contributed by atoms with van der Waals surface area (Å²) in [5.41, 5.74) is 0.675. The van der Waals surface area contributed by atoms with E-state index in [1.54, 1.807) is 23.2 Å². The molecule has 0 spiro atoms. The molecular formula is C18H21N5O3S. The molecule has 0 saturated heterocycles. The summed E-state index contributed by atoms with van der Waals surface area (Å²) in [5.74, 6) is 0.694. The Morgan fingerprint density at radius 1 is 1.26 bits per heavy atom. The van der Waals surface area contributed by atoms with E-state index in [-0.39, 0.29) is 17.2 Å². The first-order chi connectivity index (χ1) is 13.0. The normalized spacial score (nSPS) is 20.0. The summed E-state index contributed by atoms with van der Waals surface area (Å²) in [6, 6.07) is 2.74. The van der Waals surface area contributed by atoms with Crippen LogP contribution in [0, 0.1) is 0 Å². The Bertz CT molecular complexity index is 976. The molecule has 142 valence electrons. The second-order valence-electron chi connectivity index (χ2n) is 6.71. The molecule has 27 heavy (non-hydrogen) atoms. The van der Waals surface area contributed by atoms with E-state index in [1.165, 1.54) is 10.5 Å². The highest BCUT2D eigenvalue weighted by atomic mass is 32.2. The first kappa shape index (κ1) is 17.9. The van der Waals surface area contributed by atoms with Crippen LogP contribution in [0.5, 0.6) is 0 Å². The van der Waals surface area contributed by atoms with Gasteiger partial charge in [-0.25, -0.2) is 13.4 Å². The first-order valence-corrected chi connectivity index (χ1v) is 10.3. The van der Waals surface area contributed by atoms with Gasteiger partial charge >= 0.3 is 0 Å². The number of aromatic nitrogens is 3. The monoisotopic (exact) mass is 387 g/mol. The third kappa shape index (κ3) is 3.28. The minimum atomic E-state index is -3.65. The maximum atomic E-state index is 12.9. The van der Waals surface area contributed by atoms with Gasteiger partial charge in [0.1, 0.15) is 10.7 Å². The second-order valence-corrected chi connectivity index (χ2v) is 8.60. The van der Waals surface area contributed by atoms with Gasteiger partial charge in [0.05, 0.1) is 18.2 Å². The number of sulfonamides is 1. The van der Waals surface area contributed by atoms with Crippen molar-refractivity contribution >= 4 is 15.9 Å². The van der Waals surface area contributed by atoms with Crippen LogP contribution >= 0.6 is 0 Å². The summed E-state index contributed by atoms with van der Waals surface area (Å²) < 4.78 is 29.3. The van der Waals surface area contributed by atoms with Crippen molar-refractivity contribution in [1.29, 1.82) is 0 Å². The van der Waals surface area contributed by atoms with Gasteiger partial charge in [-0.1, -0.05) is 12.2 Å². The van der Waals surface area contributed by atoms with Gasteiger partial charge in [0, 0.05) is 44.8 Å². The molecule has 4 rings (SSSR count). The fraction of sp³-hybridized carbons (Fsp3) is 0.389. The SMILES string of the molecule is C[C@H]1c2nc(CC(=O)N3CC=CC3)cn2CCN1S(=O)(=O)c1cccnc1. The number of fused-ring (bicyclic) bond motifs is 1. The van der Waals surface area contributed by atoms with E-state index < -0.39 is 16.1 Å². The van der Waals surface area contributed by atoms with Gasteiger partial charge < -0.3 is 9.47 Å². The van der Waals surface area contributed by atoms with Crippen molar-refractivity contribution < 1.29 is 13.2 Å². The predicted octanol–water partition coefficient (Wildman–Crippen LogP) is 0.984. The topological polar surface area (TPSA) is 88.4 Å². The van der Waals surface area contributed by atoms with Crippen LogP contribution < -0.4 is 0 Å². The molecule has 2 aromatic heterocycles. The molecule has 0 N–H and O–H groups in total. The molecule has 0 unspecified atom stereocenters. The molecule has 2 aliphatic rings. The standard InChI is InChI=1S/C18H21N5O3S/c1-14-18-20-15(11-17(24)21-7-2-3-8-21)13-22(18)9-10-23(14)27(25,26)16-5-4-6-19-12-16/h2-6,12-14H,7-11H2,1H3/t14-/m0/s1. The largest absolute Gasteiger partial charge is 0.335 e. The Morgan fingerprint density at radius 2 is 2.04 bits per heavy atom. The summed E-state index contributed by atoms with van der Waals surface area (Å²) in [6.07, 6.45) is 8.94. The molecule has 1 atom stereocenters. The van der Waals surface area contributed by atoms with Gasteiger partial charge in [-0.3, -0.25) is 9.78 Å². The van der Waals surface area contributed by atoms with Crippen molar-refractivity contribution in [1.82, 2.24) is 23.7 Å². The van der Waals surface area contributed by atoms with E-state index in [1.807, 2.05) is 29.8 Å². The zero-order valence-corrected chi connectivity index (χ0v) is 15.8. The molecule has 4 heterocycles. The Kier molecular flexibility index (Phi) is 4.56. The van der Waals surface area contributed by atoms with Crippen LogP contribution in [0.2, 0.25) is 0 Å². The van der Waals surface area contributed by atoms with Crippen molar-refractivity contribution in [3.05, 3.63) is 54.4 Å². The first-order valence-electron chi connectivity index (χ1n) is 8.87. The lowest BCUT2D eigenvalue weighted by atomic mass is 10.2. The predicted molar refractivity (Wildman–Crippen MR) is 98.2 cm³/mol. The number of carbonyl (C=O) groups is 1. The number of imidazole rings is 1. The molecule has 0 saturated carbocycles. The van der Waals surface area contributed by atoms with Crippen LogP contribution in [0.3, 0.4) is 0 Å². The minimum absolute atomic E-state index is 0.0305. The van der Waals surface area contributed by atoms with Gasteiger partial charge in [0.25, 0.3) is 0 Å². The van der Waals surface area contributed by atoms with Crippen molar-refractivity contribution in [2.24, 2.45) is 0 Å². The number of rotatable bonds is 4. The molecule has 0 aliphatic carbocycles. The Balaban J connectivity index is 1.55. The molecule has 8 nitrogen and oxygen atoms in total. The summed E-state index contributed by atoms with van der Waals surface area (Å²) in [4.78, 5) is 22.8. The minimum Gasteiger partial charge on any atom is -0.335 e. The number of amides is 1. The molecule has 2 aromatic rings. The third-order valence-electron chi connectivity index (χ3n) is 4.97. The molecule has 1 amide bonds. The van der Waals surface area contributed by atoms with Crippen LogP contribution in [0.25, 0.3) is 0 Å². The van der Waals surface area contributed by atoms with Crippen LogP contribution in [-0.4, -0.2) is 57.7 Å². The maximum Gasteiger partial charge on any atom is 0.245 e. The zero-order valence-electron chi connectivity index (χ0n) is 15.0.